The van der Waals surface area contributed by atoms with E-state index in [9.17, 15) is 9.59 Å². The van der Waals surface area contributed by atoms with E-state index in [1.165, 1.54) is 11.8 Å². The number of fused-ring (bicyclic) bond motifs is 3. The maximum absolute atomic E-state index is 13.4. The third-order valence-corrected chi connectivity index (χ3v) is 5.82. The Kier molecular flexibility index (Phi) is 5.59. The Bertz CT molecular complexity index is 1310. The van der Waals surface area contributed by atoms with Gasteiger partial charge in [0.2, 0.25) is 11.7 Å². The van der Waals surface area contributed by atoms with Gasteiger partial charge in [-0.3, -0.25) is 14.0 Å². The van der Waals surface area contributed by atoms with Gasteiger partial charge in [-0.15, -0.1) is 10.2 Å². The molecule has 0 atom stereocenters. The molecule has 7 nitrogen and oxygen atoms in total. The Morgan fingerprint density at radius 2 is 1.93 bits per heavy atom. The molecule has 0 aliphatic rings. The predicted octanol–water partition coefficient (Wildman–Crippen LogP) is 3.27. The highest BCUT2D eigenvalue weighted by molar-refractivity contribution is 7.99. The van der Waals surface area contributed by atoms with Gasteiger partial charge < -0.3 is 5.32 Å². The quantitative estimate of drug-likeness (QED) is 0.483. The zero-order valence-corrected chi connectivity index (χ0v) is 18.0. The van der Waals surface area contributed by atoms with Gasteiger partial charge in [-0.2, -0.15) is 0 Å². The second-order valence-electron chi connectivity index (χ2n) is 7.20. The summed E-state index contributed by atoms with van der Waals surface area (Å²) in [5.41, 5.74) is 3.45. The van der Waals surface area contributed by atoms with Gasteiger partial charge in [-0.25, -0.2) is 4.57 Å². The second-order valence-corrected chi connectivity index (χ2v) is 8.15. The standard InChI is InChI=1S/C22H23N5O2S/c1-4-11-23-19(28)13-30-22-25-24-21-26(17-10-9-14(2)12-15(17)3)20(29)16-7-5-6-8-18(16)27(21)22/h5-10,12H,4,11,13H2,1-3H3,(H,23,28). The van der Waals surface area contributed by atoms with Crippen LogP contribution in [0.3, 0.4) is 0 Å². The van der Waals surface area contributed by atoms with Crippen LogP contribution in [0.15, 0.2) is 52.4 Å². The maximum Gasteiger partial charge on any atom is 0.267 e. The van der Waals surface area contributed by atoms with E-state index in [-0.39, 0.29) is 17.2 Å². The molecule has 4 aromatic rings. The van der Waals surface area contributed by atoms with Crippen LogP contribution in [0.2, 0.25) is 0 Å². The smallest absolute Gasteiger partial charge is 0.267 e. The number of nitrogens with zero attached hydrogens (tertiary/aromatic N) is 4. The number of para-hydroxylation sites is 1. The van der Waals surface area contributed by atoms with Crippen molar-refractivity contribution in [3.8, 4) is 5.69 Å². The van der Waals surface area contributed by atoms with Crippen molar-refractivity contribution in [3.63, 3.8) is 0 Å². The van der Waals surface area contributed by atoms with E-state index in [1.807, 2.05) is 61.6 Å². The molecule has 0 aliphatic heterocycles. The number of aryl methyl sites for hydroxylation is 2. The van der Waals surface area contributed by atoms with Gasteiger partial charge in [0.15, 0.2) is 5.16 Å². The first-order chi connectivity index (χ1) is 14.5. The van der Waals surface area contributed by atoms with Crippen LogP contribution in [0, 0.1) is 13.8 Å². The molecular formula is C22H23N5O2S. The van der Waals surface area contributed by atoms with Crippen LogP contribution >= 0.6 is 11.8 Å². The lowest BCUT2D eigenvalue weighted by Crippen LogP contribution is -2.26. The van der Waals surface area contributed by atoms with Crippen molar-refractivity contribution in [2.45, 2.75) is 32.3 Å². The van der Waals surface area contributed by atoms with Crippen LogP contribution in [0.5, 0.6) is 0 Å². The molecule has 0 fully saturated rings. The third kappa shape index (κ3) is 3.59. The lowest BCUT2D eigenvalue weighted by atomic mass is 10.1. The van der Waals surface area contributed by atoms with E-state index in [0.29, 0.717) is 22.9 Å². The van der Waals surface area contributed by atoms with E-state index < -0.39 is 0 Å². The normalized spacial score (nSPS) is 11.3. The van der Waals surface area contributed by atoms with Gasteiger partial charge in [0.25, 0.3) is 5.56 Å². The fourth-order valence-electron chi connectivity index (χ4n) is 3.49. The number of hydrogen-bond donors (Lipinski definition) is 1. The monoisotopic (exact) mass is 421 g/mol. The summed E-state index contributed by atoms with van der Waals surface area (Å²) in [7, 11) is 0. The fraction of sp³-hybridized carbons (Fsp3) is 0.273. The number of amides is 1. The molecule has 0 saturated heterocycles. The van der Waals surface area contributed by atoms with Crippen molar-refractivity contribution in [3.05, 3.63) is 63.9 Å². The van der Waals surface area contributed by atoms with Crippen molar-refractivity contribution in [1.82, 2.24) is 24.5 Å². The average Bonchev–Trinajstić information content (AvgIpc) is 3.16. The topological polar surface area (TPSA) is 81.3 Å². The van der Waals surface area contributed by atoms with Crippen LogP contribution < -0.4 is 10.9 Å². The molecule has 1 N–H and O–H groups in total. The van der Waals surface area contributed by atoms with Crippen LogP contribution in [0.25, 0.3) is 22.4 Å². The van der Waals surface area contributed by atoms with E-state index in [1.54, 1.807) is 10.6 Å². The number of carbonyl (C=O) groups is 1. The van der Waals surface area contributed by atoms with Crippen LogP contribution in [0.1, 0.15) is 24.5 Å². The minimum Gasteiger partial charge on any atom is -0.355 e. The van der Waals surface area contributed by atoms with Crippen molar-refractivity contribution in [2.24, 2.45) is 0 Å². The summed E-state index contributed by atoms with van der Waals surface area (Å²) >= 11 is 1.31. The van der Waals surface area contributed by atoms with Crippen LogP contribution in [0.4, 0.5) is 0 Å². The fourth-order valence-corrected chi connectivity index (χ4v) is 4.26. The number of thioether (sulfide) groups is 1. The number of rotatable bonds is 6. The molecule has 0 radical (unpaired) electrons. The lowest BCUT2D eigenvalue weighted by molar-refractivity contribution is -0.118. The van der Waals surface area contributed by atoms with Gasteiger partial charge in [0, 0.05) is 6.54 Å². The molecule has 2 aromatic heterocycles. The Balaban J connectivity index is 1.91. The minimum absolute atomic E-state index is 0.0504. The van der Waals surface area contributed by atoms with Gasteiger partial charge in [-0.05, 0) is 44.0 Å². The molecule has 0 spiro atoms. The molecule has 4 rings (SSSR count). The first-order valence-electron chi connectivity index (χ1n) is 9.87. The largest absolute Gasteiger partial charge is 0.355 e. The summed E-state index contributed by atoms with van der Waals surface area (Å²) in [5.74, 6) is 0.616. The summed E-state index contributed by atoms with van der Waals surface area (Å²) in [6, 6.07) is 13.4. The summed E-state index contributed by atoms with van der Waals surface area (Å²) in [6.07, 6.45) is 0.886. The Hall–Kier alpha value is -3.13. The predicted molar refractivity (Wildman–Crippen MR) is 120 cm³/mol. The zero-order chi connectivity index (χ0) is 21.3. The first kappa shape index (κ1) is 20.2. The molecular weight excluding hydrogens is 398 g/mol. The zero-order valence-electron chi connectivity index (χ0n) is 17.2. The Labute approximate surface area is 178 Å². The number of carbonyl (C=O) groups excluding carboxylic acids is 1. The summed E-state index contributed by atoms with van der Waals surface area (Å²) in [6.45, 7) is 6.66. The van der Waals surface area contributed by atoms with E-state index in [2.05, 4.69) is 15.5 Å². The van der Waals surface area contributed by atoms with Crippen LogP contribution in [-0.2, 0) is 4.79 Å². The molecule has 0 saturated carbocycles. The lowest BCUT2D eigenvalue weighted by Gasteiger charge is -2.13. The molecule has 2 heterocycles. The van der Waals surface area contributed by atoms with E-state index >= 15 is 0 Å². The SMILES string of the molecule is CCCNC(=O)CSc1nnc2n(-c3ccc(C)cc3C)c(=O)c3ccccc3n12. The second kappa shape index (κ2) is 8.31. The number of benzene rings is 2. The highest BCUT2D eigenvalue weighted by Crippen LogP contribution is 2.24. The molecule has 8 heteroatoms. The van der Waals surface area contributed by atoms with Crippen molar-refractivity contribution in [1.29, 1.82) is 0 Å². The Morgan fingerprint density at radius 1 is 1.13 bits per heavy atom. The molecule has 0 aliphatic carbocycles. The van der Waals surface area contributed by atoms with Gasteiger partial charge >= 0.3 is 0 Å². The third-order valence-electron chi connectivity index (χ3n) is 4.89. The minimum atomic E-state index is -0.144. The summed E-state index contributed by atoms with van der Waals surface area (Å²) < 4.78 is 3.46. The van der Waals surface area contributed by atoms with Crippen molar-refractivity contribution in [2.75, 3.05) is 12.3 Å². The molecule has 2 aromatic carbocycles. The van der Waals surface area contributed by atoms with Crippen LogP contribution in [-0.4, -0.2) is 37.4 Å². The highest BCUT2D eigenvalue weighted by Gasteiger charge is 2.19. The van der Waals surface area contributed by atoms with Crippen molar-refractivity contribution >= 4 is 34.3 Å². The summed E-state index contributed by atoms with van der Waals surface area (Å²) in [5, 5.41) is 12.7. The highest BCUT2D eigenvalue weighted by atomic mass is 32.2. The first-order valence-corrected chi connectivity index (χ1v) is 10.9. The van der Waals surface area contributed by atoms with Gasteiger partial charge in [-0.1, -0.05) is 48.5 Å². The average molecular weight is 422 g/mol. The molecule has 0 unspecified atom stereocenters. The Morgan fingerprint density at radius 3 is 2.70 bits per heavy atom. The molecule has 30 heavy (non-hydrogen) atoms. The molecule has 154 valence electrons. The van der Waals surface area contributed by atoms with Gasteiger partial charge in [0.1, 0.15) is 0 Å². The molecule has 0 bridgehead atoms. The van der Waals surface area contributed by atoms with E-state index in [4.69, 9.17) is 0 Å². The number of aromatic nitrogens is 4. The maximum atomic E-state index is 13.4. The van der Waals surface area contributed by atoms with Gasteiger partial charge in [0.05, 0.1) is 22.3 Å². The number of hydrogen-bond acceptors (Lipinski definition) is 5. The summed E-state index contributed by atoms with van der Waals surface area (Å²) in [4.78, 5) is 25.5. The van der Waals surface area contributed by atoms with E-state index in [0.717, 1.165) is 28.8 Å². The van der Waals surface area contributed by atoms with Crippen molar-refractivity contribution < 1.29 is 4.79 Å². The molecule has 1 amide bonds. The number of nitrogens with one attached hydrogen (secondary N) is 1.